The summed E-state index contributed by atoms with van der Waals surface area (Å²) in [4.78, 5) is 11.5. The van der Waals surface area contributed by atoms with Crippen LogP contribution in [0.4, 0.5) is 5.69 Å². The van der Waals surface area contributed by atoms with Crippen molar-refractivity contribution in [2.45, 2.75) is 20.8 Å². The molecule has 0 saturated carbocycles. The first-order chi connectivity index (χ1) is 12.9. The standard InChI is InChI=1S/C20H22N4O3/c1-12-8-16(10-20(27-5)13(12)2)24-18(11-21-23-24)15-6-7-19(26-4)17(9-15)22-14(3)25/h6-11H,1-5H3,(H,22,25). The van der Waals surface area contributed by atoms with Crippen LogP contribution in [0.2, 0.25) is 0 Å². The van der Waals surface area contributed by atoms with E-state index in [1.807, 2.05) is 38.1 Å². The molecule has 0 unspecified atom stereocenters. The van der Waals surface area contributed by atoms with Crippen molar-refractivity contribution in [2.75, 3.05) is 19.5 Å². The van der Waals surface area contributed by atoms with Crippen molar-refractivity contribution in [1.29, 1.82) is 0 Å². The number of aromatic nitrogens is 3. The van der Waals surface area contributed by atoms with E-state index in [4.69, 9.17) is 9.47 Å². The molecule has 0 spiro atoms. The second kappa shape index (κ2) is 7.49. The first-order valence-corrected chi connectivity index (χ1v) is 8.47. The number of amides is 1. The van der Waals surface area contributed by atoms with Gasteiger partial charge in [0, 0.05) is 18.6 Å². The summed E-state index contributed by atoms with van der Waals surface area (Å²) in [6, 6.07) is 9.51. The van der Waals surface area contributed by atoms with Crippen molar-refractivity contribution in [3.63, 3.8) is 0 Å². The van der Waals surface area contributed by atoms with Gasteiger partial charge in [-0.1, -0.05) is 5.21 Å². The predicted molar refractivity (Wildman–Crippen MR) is 104 cm³/mol. The molecule has 0 fully saturated rings. The van der Waals surface area contributed by atoms with Crippen molar-refractivity contribution in [1.82, 2.24) is 15.0 Å². The van der Waals surface area contributed by atoms with E-state index in [-0.39, 0.29) is 5.91 Å². The summed E-state index contributed by atoms with van der Waals surface area (Å²) in [5.41, 5.74) is 5.25. The molecular formula is C20H22N4O3. The van der Waals surface area contributed by atoms with E-state index >= 15 is 0 Å². The number of nitrogens with zero attached hydrogens (tertiary/aromatic N) is 3. The minimum Gasteiger partial charge on any atom is -0.496 e. The lowest BCUT2D eigenvalue weighted by Gasteiger charge is -2.14. The lowest BCUT2D eigenvalue weighted by Crippen LogP contribution is -2.07. The van der Waals surface area contributed by atoms with Crippen LogP contribution in [-0.4, -0.2) is 35.1 Å². The molecule has 140 valence electrons. The van der Waals surface area contributed by atoms with Crippen LogP contribution in [0.5, 0.6) is 11.5 Å². The van der Waals surface area contributed by atoms with E-state index in [9.17, 15) is 4.79 Å². The van der Waals surface area contributed by atoms with Crippen molar-refractivity contribution in [3.05, 3.63) is 47.7 Å². The summed E-state index contributed by atoms with van der Waals surface area (Å²) in [6.07, 6.45) is 1.68. The van der Waals surface area contributed by atoms with E-state index in [1.165, 1.54) is 6.92 Å². The van der Waals surface area contributed by atoms with Crippen molar-refractivity contribution in [3.8, 4) is 28.4 Å². The maximum atomic E-state index is 11.5. The molecule has 0 aliphatic rings. The van der Waals surface area contributed by atoms with Gasteiger partial charge in [0.15, 0.2) is 0 Å². The van der Waals surface area contributed by atoms with Crippen LogP contribution in [0.25, 0.3) is 16.9 Å². The fourth-order valence-electron chi connectivity index (χ4n) is 2.92. The molecule has 1 N–H and O–H groups in total. The Hall–Kier alpha value is -3.35. The Morgan fingerprint density at radius 3 is 2.48 bits per heavy atom. The van der Waals surface area contributed by atoms with Gasteiger partial charge < -0.3 is 14.8 Å². The van der Waals surface area contributed by atoms with E-state index < -0.39 is 0 Å². The summed E-state index contributed by atoms with van der Waals surface area (Å²) >= 11 is 0. The Balaban J connectivity index is 2.11. The van der Waals surface area contributed by atoms with E-state index in [2.05, 4.69) is 15.6 Å². The number of carbonyl (C=O) groups excluding carboxylic acids is 1. The van der Waals surface area contributed by atoms with Crippen LogP contribution in [0, 0.1) is 13.8 Å². The molecule has 0 atom stereocenters. The molecule has 0 bridgehead atoms. The minimum atomic E-state index is -0.170. The number of aryl methyl sites for hydroxylation is 1. The normalized spacial score (nSPS) is 10.6. The highest BCUT2D eigenvalue weighted by Crippen LogP contribution is 2.32. The molecule has 3 rings (SSSR count). The lowest BCUT2D eigenvalue weighted by molar-refractivity contribution is -0.114. The average molecular weight is 366 g/mol. The number of anilines is 1. The fraction of sp³-hybridized carbons (Fsp3) is 0.250. The molecule has 7 heteroatoms. The molecule has 0 radical (unpaired) electrons. The van der Waals surface area contributed by atoms with Gasteiger partial charge in [0.05, 0.1) is 37.5 Å². The van der Waals surface area contributed by atoms with E-state index in [1.54, 1.807) is 31.2 Å². The molecule has 1 amide bonds. The second-order valence-electron chi connectivity index (χ2n) is 6.22. The van der Waals surface area contributed by atoms with Gasteiger partial charge in [0.25, 0.3) is 0 Å². The third-order valence-electron chi connectivity index (χ3n) is 4.42. The van der Waals surface area contributed by atoms with Crippen LogP contribution in [0.3, 0.4) is 0 Å². The molecule has 0 aliphatic heterocycles. The highest BCUT2D eigenvalue weighted by Gasteiger charge is 2.14. The van der Waals surface area contributed by atoms with Gasteiger partial charge in [-0.05, 0) is 49.2 Å². The van der Waals surface area contributed by atoms with Crippen molar-refractivity contribution in [2.24, 2.45) is 0 Å². The van der Waals surface area contributed by atoms with Gasteiger partial charge in [-0.15, -0.1) is 5.10 Å². The topological polar surface area (TPSA) is 78.3 Å². The van der Waals surface area contributed by atoms with Gasteiger partial charge in [-0.3, -0.25) is 4.79 Å². The molecular weight excluding hydrogens is 344 g/mol. The quantitative estimate of drug-likeness (QED) is 0.747. The number of ether oxygens (including phenoxy) is 2. The molecule has 2 aromatic carbocycles. The predicted octanol–water partition coefficient (Wildman–Crippen LogP) is 3.53. The summed E-state index contributed by atoms with van der Waals surface area (Å²) in [5, 5.41) is 11.1. The second-order valence-corrected chi connectivity index (χ2v) is 6.22. The number of methoxy groups -OCH3 is 2. The number of benzene rings is 2. The molecule has 1 heterocycles. The monoisotopic (exact) mass is 366 g/mol. The van der Waals surface area contributed by atoms with Gasteiger partial charge in [-0.2, -0.15) is 0 Å². The van der Waals surface area contributed by atoms with Crippen LogP contribution in [-0.2, 0) is 4.79 Å². The smallest absolute Gasteiger partial charge is 0.221 e. The van der Waals surface area contributed by atoms with Crippen LogP contribution in [0.1, 0.15) is 18.1 Å². The third-order valence-corrected chi connectivity index (χ3v) is 4.42. The molecule has 3 aromatic rings. The molecule has 0 aliphatic carbocycles. The maximum Gasteiger partial charge on any atom is 0.221 e. The maximum absolute atomic E-state index is 11.5. The molecule has 1 aromatic heterocycles. The first-order valence-electron chi connectivity index (χ1n) is 8.47. The van der Waals surface area contributed by atoms with Gasteiger partial charge in [0.1, 0.15) is 11.5 Å². The SMILES string of the molecule is COc1ccc(-c2cnnn2-c2cc(C)c(C)c(OC)c2)cc1NC(C)=O. The Morgan fingerprint density at radius 2 is 1.81 bits per heavy atom. The molecule has 27 heavy (non-hydrogen) atoms. The van der Waals surface area contributed by atoms with Gasteiger partial charge in [-0.25, -0.2) is 4.68 Å². The number of hydrogen-bond donors (Lipinski definition) is 1. The number of carbonyl (C=O) groups is 1. The highest BCUT2D eigenvalue weighted by molar-refractivity contribution is 5.91. The Labute approximate surface area is 157 Å². The molecule has 0 saturated heterocycles. The zero-order valence-corrected chi connectivity index (χ0v) is 16.0. The lowest BCUT2D eigenvalue weighted by atomic mass is 10.1. The zero-order chi connectivity index (χ0) is 19.6. The largest absolute Gasteiger partial charge is 0.496 e. The summed E-state index contributed by atoms with van der Waals surface area (Å²) < 4.78 is 12.5. The number of nitrogens with one attached hydrogen (secondary N) is 1. The Kier molecular flexibility index (Phi) is 5.12. The van der Waals surface area contributed by atoms with Crippen LogP contribution >= 0.6 is 0 Å². The average Bonchev–Trinajstić information content (AvgIpc) is 3.13. The summed E-state index contributed by atoms with van der Waals surface area (Å²) in [5.74, 6) is 1.21. The van der Waals surface area contributed by atoms with Gasteiger partial charge in [0.2, 0.25) is 5.91 Å². The summed E-state index contributed by atoms with van der Waals surface area (Å²) in [6.45, 7) is 5.50. The van der Waals surface area contributed by atoms with Crippen molar-refractivity contribution < 1.29 is 14.3 Å². The fourth-order valence-corrected chi connectivity index (χ4v) is 2.92. The van der Waals surface area contributed by atoms with Crippen LogP contribution < -0.4 is 14.8 Å². The number of hydrogen-bond acceptors (Lipinski definition) is 5. The third kappa shape index (κ3) is 3.62. The number of rotatable bonds is 5. The highest BCUT2D eigenvalue weighted by atomic mass is 16.5. The van der Waals surface area contributed by atoms with Gasteiger partial charge >= 0.3 is 0 Å². The van der Waals surface area contributed by atoms with Crippen LogP contribution in [0.15, 0.2) is 36.5 Å². The minimum absolute atomic E-state index is 0.170. The Bertz CT molecular complexity index is 995. The van der Waals surface area contributed by atoms with Crippen molar-refractivity contribution >= 4 is 11.6 Å². The molecule has 7 nitrogen and oxygen atoms in total. The Morgan fingerprint density at radius 1 is 1.07 bits per heavy atom. The summed E-state index contributed by atoms with van der Waals surface area (Å²) in [7, 11) is 3.21. The van der Waals surface area contributed by atoms with E-state index in [0.717, 1.165) is 33.8 Å². The first kappa shape index (κ1) is 18.4. The zero-order valence-electron chi connectivity index (χ0n) is 16.0. The van der Waals surface area contributed by atoms with E-state index in [0.29, 0.717) is 11.4 Å².